The molecule has 0 aromatic carbocycles. The van der Waals surface area contributed by atoms with E-state index >= 15 is 0 Å². The molecule has 0 aliphatic heterocycles. The van der Waals surface area contributed by atoms with E-state index in [1.54, 1.807) is 0 Å². The summed E-state index contributed by atoms with van der Waals surface area (Å²) in [6.45, 7) is 6.52. The predicted octanol–water partition coefficient (Wildman–Crippen LogP) is 0.921. The summed E-state index contributed by atoms with van der Waals surface area (Å²) in [6, 6.07) is 0.544. The van der Waals surface area contributed by atoms with Gasteiger partial charge in [-0.2, -0.15) is 0 Å². The molecule has 0 spiro atoms. The van der Waals surface area contributed by atoms with Gasteiger partial charge in [0, 0.05) is 19.1 Å². The summed E-state index contributed by atoms with van der Waals surface area (Å²) in [7, 11) is 2.17. The van der Waals surface area contributed by atoms with Crippen molar-refractivity contribution in [2.24, 2.45) is 17.6 Å². The van der Waals surface area contributed by atoms with Gasteiger partial charge in [0.15, 0.2) is 0 Å². The van der Waals surface area contributed by atoms with Gasteiger partial charge in [-0.3, -0.25) is 0 Å². The van der Waals surface area contributed by atoms with Crippen molar-refractivity contribution in [3.63, 3.8) is 0 Å². The summed E-state index contributed by atoms with van der Waals surface area (Å²) in [6.07, 6.45) is 1.42. The largest absolute Gasteiger partial charge is 0.329 e. The summed E-state index contributed by atoms with van der Waals surface area (Å²) in [5.74, 6) is 1.91. The van der Waals surface area contributed by atoms with Crippen molar-refractivity contribution in [1.82, 2.24) is 4.90 Å². The molecular formula is C9H20N2. The number of hydrogen-bond donors (Lipinski definition) is 1. The van der Waals surface area contributed by atoms with Crippen LogP contribution in [0.4, 0.5) is 0 Å². The molecule has 1 fully saturated rings. The number of nitrogens with two attached hydrogens (primary N) is 1. The van der Waals surface area contributed by atoms with Crippen molar-refractivity contribution in [2.75, 3.05) is 20.1 Å². The first-order chi connectivity index (χ1) is 5.15. The van der Waals surface area contributed by atoms with Gasteiger partial charge in [0.2, 0.25) is 0 Å². The molecule has 0 radical (unpaired) electrons. The van der Waals surface area contributed by atoms with Gasteiger partial charge in [-0.1, -0.05) is 6.92 Å². The van der Waals surface area contributed by atoms with Gasteiger partial charge in [-0.05, 0) is 32.2 Å². The number of likely N-dealkylation sites (N-methyl/N-ethyl adjacent to an activating group) is 1. The van der Waals surface area contributed by atoms with Crippen LogP contribution in [-0.2, 0) is 0 Å². The Bertz CT molecular complexity index is 125. The number of nitrogens with zero attached hydrogens (tertiary/aromatic N) is 1. The van der Waals surface area contributed by atoms with Gasteiger partial charge in [0.25, 0.3) is 0 Å². The van der Waals surface area contributed by atoms with Gasteiger partial charge in [-0.15, -0.1) is 0 Å². The first-order valence-electron chi connectivity index (χ1n) is 4.55. The van der Waals surface area contributed by atoms with E-state index in [4.69, 9.17) is 5.73 Å². The maximum atomic E-state index is 5.56. The highest BCUT2D eigenvalue weighted by atomic mass is 15.1. The first-order valence-corrected chi connectivity index (χ1v) is 4.55. The van der Waals surface area contributed by atoms with Crippen molar-refractivity contribution in [2.45, 2.75) is 26.3 Å². The summed E-state index contributed by atoms with van der Waals surface area (Å²) in [5, 5.41) is 0. The van der Waals surface area contributed by atoms with Crippen LogP contribution in [0.25, 0.3) is 0 Å². The van der Waals surface area contributed by atoms with Crippen LogP contribution >= 0.6 is 0 Å². The normalized spacial score (nSPS) is 32.5. The molecule has 1 aliphatic rings. The number of hydrogen-bond acceptors (Lipinski definition) is 2. The molecule has 1 aliphatic carbocycles. The molecule has 2 nitrogen and oxygen atoms in total. The Kier molecular flexibility index (Phi) is 2.90. The smallest absolute Gasteiger partial charge is 0.0187 e. The molecule has 11 heavy (non-hydrogen) atoms. The molecule has 3 atom stereocenters. The third kappa shape index (κ3) is 2.46. The quantitative estimate of drug-likeness (QED) is 0.656. The molecule has 0 aromatic heterocycles. The average Bonchev–Trinajstić information content (AvgIpc) is 2.65. The third-order valence-electron chi connectivity index (χ3n) is 2.89. The van der Waals surface area contributed by atoms with Gasteiger partial charge in [-0.25, -0.2) is 0 Å². The summed E-state index contributed by atoms with van der Waals surface area (Å²) < 4.78 is 0. The van der Waals surface area contributed by atoms with Crippen molar-refractivity contribution in [3.8, 4) is 0 Å². The molecule has 3 unspecified atom stereocenters. The second kappa shape index (κ2) is 3.55. The van der Waals surface area contributed by atoms with Crippen molar-refractivity contribution < 1.29 is 0 Å². The van der Waals surface area contributed by atoms with Crippen LogP contribution in [-0.4, -0.2) is 31.1 Å². The highest BCUT2D eigenvalue weighted by Gasteiger charge is 2.33. The highest BCUT2D eigenvalue weighted by Crippen LogP contribution is 2.38. The molecule has 0 amide bonds. The summed E-state index contributed by atoms with van der Waals surface area (Å²) >= 11 is 0. The van der Waals surface area contributed by atoms with Gasteiger partial charge >= 0.3 is 0 Å². The van der Waals surface area contributed by atoms with E-state index in [2.05, 4.69) is 25.8 Å². The van der Waals surface area contributed by atoms with E-state index in [9.17, 15) is 0 Å². The lowest BCUT2D eigenvalue weighted by Crippen LogP contribution is -2.36. The average molecular weight is 156 g/mol. The molecule has 0 bridgehead atoms. The lowest BCUT2D eigenvalue weighted by molar-refractivity contribution is 0.249. The molecular weight excluding hydrogens is 136 g/mol. The molecule has 0 aromatic rings. The Hall–Kier alpha value is -0.0800. The molecule has 2 N–H and O–H groups in total. The van der Waals surface area contributed by atoms with E-state index < -0.39 is 0 Å². The van der Waals surface area contributed by atoms with Crippen LogP contribution in [0.1, 0.15) is 20.3 Å². The lowest BCUT2D eigenvalue weighted by atomic mass is 10.2. The Morgan fingerprint density at radius 2 is 2.18 bits per heavy atom. The Balaban J connectivity index is 2.15. The highest BCUT2D eigenvalue weighted by molar-refractivity contribution is 4.85. The minimum absolute atomic E-state index is 0.544. The summed E-state index contributed by atoms with van der Waals surface area (Å²) in [5.41, 5.74) is 5.56. The Morgan fingerprint density at radius 1 is 1.64 bits per heavy atom. The maximum Gasteiger partial charge on any atom is 0.0187 e. The van der Waals surface area contributed by atoms with Crippen LogP contribution in [0, 0.1) is 11.8 Å². The van der Waals surface area contributed by atoms with Crippen LogP contribution in [0.3, 0.4) is 0 Å². The number of rotatable bonds is 4. The lowest BCUT2D eigenvalue weighted by Gasteiger charge is -2.23. The zero-order valence-electron chi connectivity index (χ0n) is 7.88. The fraction of sp³-hybridized carbons (Fsp3) is 1.00. The van der Waals surface area contributed by atoms with E-state index in [-0.39, 0.29) is 0 Å². The van der Waals surface area contributed by atoms with Gasteiger partial charge in [0.05, 0.1) is 0 Å². The third-order valence-corrected chi connectivity index (χ3v) is 2.89. The van der Waals surface area contributed by atoms with E-state index in [0.29, 0.717) is 6.04 Å². The topological polar surface area (TPSA) is 29.3 Å². The van der Waals surface area contributed by atoms with Gasteiger partial charge < -0.3 is 10.6 Å². The van der Waals surface area contributed by atoms with Crippen LogP contribution < -0.4 is 5.73 Å². The molecule has 66 valence electrons. The SMILES string of the molecule is CC1CC1CN(C)C(C)CN. The van der Waals surface area contributed by atoms with E-state index in [1.807, 2.05) is 0 Å². The van der Waals surface area contributed by atoms with Crippen molar-refractivity contribution in [1.29, 1.82) is 0 Å². The zero-order valence-corrected chi connectivity index (χ0v) is 7.88. The molecule has 1 saturated carbocycles. The van der Waals surface area contributed by atoms with Crippen molar-refractivity contribution >= 4 is 0 Å². The summed E-state index contributed by atoms with van der Waals surface area (Å²) in [4.78, 5) is 2.37. The minimum Gasteiger partial charge on any atom is -0.329 e. The molecule has 0 saturated heterocycles. The molecule has 2 heteroatoms. The van der Waals surface area contributed by atoms with Crippen LogP contribution in [0.2, 0.25) is 0 Å². The van der Waals surface area contributed by atoms with Crippen LogP contribution in [0.15, 0.2) is 0 Å². The zero-order chi connectivity index (χ0) is 8.43. The van der Waals surface area contributed by atoms with E-state index in [1.165, 1.54) is 13.0 Å². The second-order valence-corrected chi connectivity index (χ2v) is 4.00. The van der Waals surface area contributed by atoms with Gasteiger partial charge in [0.1, 0.15) is 0 Å². The van der Waals surface area contributed by atoms with E-state index in [0.717, 1.165) is 18.4 Å². The molecule has 1 rings (SSSR count). The fourth-order valence-corrected chi connectivity index (χ4v) is 1.38. The molecule has 0 heterocycles. The Labute approximate surface area is 69.8 Å². The van der Waals surface area contributed by atoms with Crippen molar-refractivity contribution in [3.05, 3.63) is 0 Å². The first kappa shape index (κ1) is 9.01. The predicted molar refractivity (Wildman–Crippen MR) is 48.4 cm³/mol. The fourth-order valence-electron chi connectivity index (χ4n) is 1.38. The second-order valence-electron chi connectivity index (χ2n) is 4.00. The monoisotopic (exact) mass is 156 g/mol. The maximum absolute atomic E-state index is 5.56. The Morgan fingerprint density at radius 3 is 2.55 bits per heavy atom. The minimum atomic E-state index is 0.544. The van der Waals surface area contributed by atoms with Crippen LogP contribution in [0.5, 0.6) is 0 Å². The standard InChI is InChI=1S/C9H20N2/c1-7-4-9(7)6-11(3)8(2)5-10/h7-9H,4-6,10H2,1-3H3.